The lowest BCUT2D eigenvalue weighted by atomic mass is 9.84. The number of rotatable bonds is 16. The van der Waals surface area contributed by atoms with Gasteiger partial charge in [0, 0.05) is 24.2 Å². The van der Waals surface area contributed by atoms with Gasteiger partial charge in [-0.2, -0.15) is 0 Å². The van der Waals surface area contributed by atoms with Crippen molar-refractivity contribution in [1.29, 1.82) is 0 Å². The number of alkyl halides is 3. The molecule has 2 aromatic rings. The van der Waals surface area contributed by atoms with E-state index in [2.05, 4.69) is 11.7 Å². The third-order valence-corrected chi connectivity index (χ3v) is 6.42. The van der Waals surface area contributed by atoms with Crippen LogP contribution in [-0.2, 0) is 9.47 Å². The smallest absolute Gasteiger partial charge is 0.494 e. The molecular formula is C28H33F5O6. The molecular weight excluding hydrogens is 527 g/mol. The number of ether oxygens (including phenoxy) is 5. The molecule has 0 N–H and O–H groups in total. The Kier molecular flexibility index (Phi) is 11.4. The molecule has 0 aromatic heterocycles. The summed E-state index contributed by atoms with van der Waals surface area (Å²) in [4.78, 5) is 12.2. The summed E-state index contributed by atoms with van der Waals surface area (Å²) < 4.78 is 89.3. The third-order valence-electron chi connectivity index (χ3n) is 6.42. The minimum Gasteiger partial charge on any atom is -0.494 e. The maximum Gasteiger partial charge on any atom is 0.573 e. The van der Waals surface area contributed by atoms with Gasteiger partial charge in [0.25, 0.3) is 0 Å². The minimum atomic E-state index is -5.27. The molecule has 2 aromatic carbocycles. The van der Waals surface area contributed by atoms with Gasteiger partial charge in [-0.05, 0) is 43.5 Å². The van der Waals surface area contributed by atoms with Crippen LogP contribution in [0.5, 0.6) is 17.2 Å². The molecule has 0 atom stereocenters. The number of hydrogen-bond donors (Lipinski definition) is 0. The fourth-order valence-corrected chi connectivity index (χ4v) is 3.93. The van der Waals surface area contributed by atoms with E-state index >= 15 is 0 Å². The molecule has 0 unspecified atom stereocenters. The van der Waals surface area contributed by atoms with Crippen LogP contribution in [0.25, 0.3) is 0 Å². The standard InChI is InChI=1S/C28H33F5O6/c1-2-27(18-36-19-27)17-35-13-7-5-3-4-6-8-14-37-21-11-9-20(10-12-21)26(34)38-22-15-23(29)25(24(30)16-22)39-28(31,32)33/h9-12,15-16H,2-8,13-14,17-19H2,1H3. The summed E-state index contributed by atoms with van der Waals surface area (Å²) in [5.41, 5.74) is 0.299. The summed E-state index contributed by atoms with van der Waals surface area (Å²) >= 11 is 0. The minimum absolute atomic E-state index is 0.0636. The molecule has 0 spiro atoms. The molecule has 1 aliphatic rings. The summed E-state index contributed by atoms with van der Waals surface area (Å²) in [6.07, 6.45) is 2.13. The molecule has 3 rings (SSSR count). The van der Waals surface area contributed by atoms with Gasteiger partial charge in [0.15, 0.2) is 11.6 Å². The van der Waals surface area contributed by atoms with Crippen molar-refractivity contribution in [2.24, 2.45) is 5.41 Å². The molecule has 11 heteroatoms. The summed E-state index contributed by atoms with van der Waals surface area (Å²) in [6, 6.07) is 6.79. The predicted molar refractivity (Wildman–Crippen MR) is 132 cm³/mol. The molecule has 39 heavy (non-hydrogen) atoms. The monoisotopic (exact) mass is 560 g/mol. The Morgan fingerprint density at radius 2 is 1.49 bits per heavy atom. The second-order valence-corrected chi connectivity index (χ2v) is 9.55. The van der Waals surface area contributed by atoms with Crippen LogP contribution in [0.15, 0.2) is 36.4 Å². The number of halogens is 5. The normalized spacial score (nSPS) is 14.5. The van der Waals surface area contributed by atoms with Gasteiger partial charge >= 0.3 is 12.3 Å². The molecule has 0 saturated carbocycles. The fraction of sp³-hybridized carbons (Fsp3) is 0.536. The first-order chi connectivity index (χ1) is 18.6. The lowest BCUT2D eigenvalue weighted by molar-refractivity contribution is -0.276. The molecule has 1 fully saturated rings. The van der Waals surface area contributed by atoms with Gasteiger partial charge in [0.1, 0.15) is 11.5 Å². The van der Waals surface area contributed by atoms with E-state index in [0.717, 1.165) is 71.4 Å². The van der Waals surface area contributed by atoms with Crippen LogP contribution in [0.4, 0.5) is 22.0 Å². The Morgan fingerprint density at radius 1 is 0.897 bits per heavy atom. The van der Waals surface area contributed by atoms with Crippen LogP contribution in [0.1, 0.15) is 62.2 Å². The summed E-state index contributed by atoms with van der Waals surface area (Å²) in [5, 5.41) is 0. The average molecular weight is 561 g/mol. The molecule has 1 saturated heterocycles. The zero-order valence-corrected chi connectivity index (χ0v) is 21.8. The molecule has 0 aliphatic carbocycles. The van der Waals surface area contributed by atoms with Crippen molar-refractivity contribution in [2.75, 3.05) is 33.0 Å². The number of unbranched alkanes of at least 4 members (excludes halogenated alkanes) is 5. The summed E-state index contributed by atoms with van der Waals surface area (Å²) in [6.45, 7) is 5.85. The van der Waals surface area contributed by atoms with Gasteiger partial charge in [0.05, 0.1) is 32.0 Å². The van der Waals surface area contributed by atoms with Crippen molar-refractivity contribution in [3.63, 3.8) is 0 Å². The highest BCUT2D eigenvalue weighted by Gasteiger charge is 2.37. The van der Waals surface area contributed by atoms with Crippen molar-refractivity contribution >= 4 is 5.97 Å². The zero-order valence-electron chi connectivity index (χ0n) is 21.8. The molecule has 216 valence electrons. The SMILES string of the molecule is CCC1(COCCCCCCCCOc2ccc(C(=O)Oc3cc(F)c(OC(F)(F)F)c(F)c3)cc2)COC1. The van der Waals surface area contributed by atoms with Crippen molar-refractivity contribution in [3.8, 4) is 17.2 Å². The van der Waals surface area contributed by atoms with Crippen molar-refractivity contribution in [2.45, 2.75) is 58.2 Å². The lowest BCUT2D eigenvalue weighted by Crippen LogP contribution is -2.45. The predicted octanol–water partition coefficient (Wildman–Crippen LogP) is 7.25. The second-order valence-electron chi connectivity index (χ2n) is 9.55. The number of carbonyl (C=O) groups is 1. The van der Waals surface area contributed by atoms with E-state index in [1.807, 2.05) is 0 Å². The molecule has 0 radical (unpaired) electrons. The van der Waals surface area contributed by atoms with E-state index in [4.69, 9.17) is 18.9 Å². The van der Waals surface area contributed by atoms with E-state index in [0.29, 0.717) is 24.5 Å². The van der Waals surface area contributed by atoms with Crippen molar-refractivity contribution in [1.82, 2.24) is 0 Å². The highest BCUT2D eigenvalue weighted by atomic mass is 19.4. The fourth-order valence-electron chi connectivity index (χ4n) is 3.93. The Hall–Kier alpha value is -2.92. The largest absolute Gasteiger partial charge is 0.573 e. The average Bonchev–Trinajstić information content (AvgIpc) is 2.86. The zero-order chi connectivity index (χ0) is 28.3. The van der Waals surface area contributed by atoms with Gasteiger partial charge in [-0.1, -0.05) is 32.6 Å². The first kappa shape index (κ1) is 30.6. The maximum atomic E-state index is 13.8. The molecule has 1 heterocycles. The Labute approximate surface area is 224 Å². The van der Waals surface area contributed by atoms with Crippen molar-refractivity contribution < 1.29 is 50.4 Å². The topological polar surface area (TPSA) is 63.2 Å². The number of esters is 1. The third kappa shape index (κ3) is 9.96. The van der Waals surface area contributed by atoms with Crippen molar-refractivity contribution in [3.05, 3.63) is 53.6 Å². The molecule has 6 nitrogen and oxygen atoms in total. The number of benzene rings is 2. The Bertz CT molecular complexity index is 1020. The lowest BCUT2D eigenvalue weighted by Gasteiger charge is -2.40. The van der Waals surface area contributed by atoms with E-state index in [1.165, 1.54) is 12.1 Å². The van der Waals surface area contributed by atoms with Gasteiger partial charge in [-0.3, -0.25) is 0 Å². The van der Waals surface area contributed by atoms with Crippen LogP contribution in [0.3, 0.4) is 0 Å². The highest BCUT2D eigenvalue weighted by molar-refractivity contribution is 5.91. The first-order valence-corrected chi connectivity index (χ1v) is 13.0. The summed E-state index contributed by atoms with van der Waals surface area (Å²) in [7, 11) is 0. The van der Waals surface area contributed by atoms with Crippen LogP contribution >= 0.6 is 0 Å². The number of hydrogen-bond acceptors (Lipinski definition) is 6. The van der Waals surface area contributed by atoms with Gasteiger partial charge in [-0.25, -0.2) is 13.6 Å². The van der Waals surface area contributed by atoms with Crippen LogP contribution in [0, 0.1) is 17.0 Å². The van der Waals surface area contributed by atoms with Crippen LogP contribution < -0.4 is 14.2 Å². The molecule has 0 amide bonds. The van der Waals surface area contributed by atoms with Gasteiger partial charge < -0.3 is 23.7 Å². The first-order valence-electron chi connectivity index (χ1n) is 13.0. The van der Waals surface area contributed by atoms with E-state index in [9.17, 15) is 26.7 Å². The highest BCUT2D eigenvalue weighted by Crippen LogP contribution is 2.32. The maximum absolute atomic E-state index is 13.8. The van der Waals surface area contributed by atoms with Gasteiger partial charge in [-0.15, -0.1) is 13.2 Å². The Balaban J connectivity index is 1.28. The molecule has 0 bridgehead atoms. The summed E-state index contributed by atoms with van der Waals surface area (Å²) in [5.74, 6) is -5.96. The van der Waals surface area contributed by atoms with Crippen LogP contribution in [-0.4, -0.2) is 45.4 Å². The Morgan fingerprint density at radius 3 is 2.03 bits per heavy atom. The van der Waals surface area contributed by atoms with Gasteiger partial charge in [0.2, 0.25) is 5.75 Å². The second kappa shape index (κ2) is 14.5. The van der Waals surface area contributed by atoms with Crippen LogP contribution in [0.2, 0.25) is 0 Å². The number of carbonyl (C=O) groups excluding carboxylic acids is 1. The van der Waals surface area contributed by atoms with E-state index in [-0.39, 0.29) is 11.0 Å². The van der Waals surface area contributed by atoms with E-state index < -0.39 is 35.5 Å². The molecule has 1 aliphatic heterocycles. The quantitative estimate of drug-likeness (QED) is 0.0933. The van der Waals surface area contributed by atoms with E-state index in [1.54, 1.807) is 12.1 Å².